The summed E-state index contributed by atoms with van der Waals surface area (Å²) in [5.74, 6) is 2.88. The lowest BCUT2D eigenvalue weighted by molar-refractivity contribution is 0.153. The van der Waals surface area contributed by atoms with Crippen molar-refractivity contribution in [3.63, 3.8) is 0 Å². The number of carbonyl (C=O) groups excluding carboxylic acids is 1. The van der Waals surface area contributed by atoms with Crippen LogP contribution in [0.3, 0.4) is 0 Å². The van der Waals surface area contributed by atoms with Gasteiger partial charge in [-0.25, -0.2) is 19.7 Å². The van der Waals surface area contributed by atoms with Gasteiger partial charge in [-0.15, -0.1) is 6.42 Å². The molecule has 0 saturated carbocycles. The first-order valence-corrected chi connectivity index (χ1v) is 12.7. The minimum atomic E-state index is -0.544. The third-order valence-corrected chi connectivity index (χ3v) is 7.21. The zero-order valence-electron chi connectivity index (χ0n) is 19.9. The highest BCUT2D eigenvalue weighted by Gasteiger charge is 2.32. The summed E-state index contributed by atoms with van der Waals surface area (Å²) in [5.41, 5.74) is 2.68. The first kappa shape index (κ1) is 24.7. The molecule has 4 aromatic rings. The number of aryl methyl sites for hydroxylation is 1. The Labute approximate surface area is 222 Å². The average molecular weight is 535 g/mol. The van der Waals surface area contributed by atoms with Crippen molar-refractivity contribution in [3.05, 3.63) is 53.3 Å². The molecule has 3 aromatic heterocycles. The number of rotatable bonds is 7. The molecule has 0 atom stereocenters. The number of aliphatic hydroxyl groups excluding tert-OH is 1. The number of amides is 1. The van der Waals surface area contributed by atoms with Gasteiger partial charge in [0, 0.05) is 29.1 Å². The van der Waals surface area contributed by atoms with E-state index in [0.29, 0.717) is 40.4 Å². The Bertz CT molecular complexity index is 1570. The van der Waals surface area contributed by atoms with Gasteiger partial charge in [0.2, 0.25) is 0 Å². The van der Waals surface area contributed by atoms with Crippen LogP contribution in [-0.2, 0) is 11.2 Å². The van der Waals surface area contributed by atoms with Gasteiger partial charge in [-0.1, -0.05) is 43.2 Å². The van der Waals surface area contributed by atoms with Crippen molar-refractivity contribution in [1.29, 1.82) is 0 Å². The number of alkyl carbamates (subject to hydrolysis) is 1. The molecule has 3 N–H and O–H groups in total. The molecular weight excluding hydrogens is 512 g/mol. The Hall–Kier alpha value is -3.94. The minimum absolute atomic E-state index is 0.0749. The van der Waals surface area contributed by atoms with Gasteiger partial charge in [0.1, 0.15) is 22.9 Å². The molecule has 9 nitrogen and oxygen atoms in total. The lowest BCUT2D eigenvalue weighted by Crippen LogP contribution is -2.59. The fourth-order valence-corrected chi connectivity index (χ4v) is 5.21. The zero-order valence-corrected chi connectivity index (χ0v) is 21.5. The summed E-state index contributed by atoms with van der Waals surface area (Å²) < 4.78 is 4.90. The molecule has 188 valence electrons. The van der Waals surface area contributed by atoms with Crippen molar-refractivity contribution in [2.24, 2.45) is 0 Å². The lowest BCUT2D eigenvalue weighted by Gasteiger charge is -2.40. The number of nitrogens with one attached hydrogen (secondary N) is 2. The molecule has 5 rings (SSSR count). The standard InChI is InChI=1S/C26H23ClN6O3S/c1-4-10-36-26(35)28-16-12-33(13-16)24-21-22(27)18(5-2)30-23(21)31-25(32-24)37-17-8-6-15-7-9-19(14(3)34)29-20(15)11-17/h1,6-9,11,16,34H,3,5,10,12-13H2,2H3,(H,28,35)(H,30,31,32). The molecule has 0 radical (unpaired) electrons. The number of anilines is 1. The van der Waals surface area contributed by atoms with Crippen LogP contribution in [0, 0.1) is 12.3 Å². The van der Waals surface area contributed by atoms with Crippen LogP contribution in [0.5, 0.6) is 0 Å². The monoisotopic (exact) mass is 534 g/mol. The highest BCUT2D eigenvalue weighted by Crippen LogP contribution is 2.38. The summed E-state index contributed by atoms with van der Waals surface area (Å²) in [5, 5.41) is 15.3. The highest BCUT2D eigenvalue weighted by atomic mass is 35.5. The number of fused-ring (bicyclic) bond motifs is 2. The maximum atomic E-state index is 11.8. The predicted octanol–water partition coefficient (Wildman–Crippen LogP) is 4.95. The Morgan fingerprint density at radius 2 is 2.14 bits per heavy atom. The molecule has 0 bridgehead atoms. The van der Waals surface area contributed by atoms with E-state index in [1.54, 1.807) is 6.07 Å². The molecule has 11 heteroatoms. The number of hydrogen-bond acceptors (Lipinski definition) is 8. The van der Waals surface area contributed by atoms with Crippen molar-refractivity contribution in [3.8, 4) is 12.3 Å². The van der Waals surface area contributed by atoms with Gasteiger partial charge in [0.05, 0.1) is 22.0 Å². The molecule has 1 aromatic carbocycles. The molecule has 1 aliphatic rings. The van der Waals surface area contributed by atoms with Crippen LogP contribution in [-0.4, -0.2) is 56.9 Å². The van der Waals surface area contributed by atoms with E-state index in [4.69, 9.17) is 32.7 Å². The number of benzene rings is 1. The number of pyridine rings is 1. The van der Waals surface area contributed by atoms with E-state index >= 15 is 0 Å². The summed E-state index contributed by atoms with van der Waals surface area (Å²) >= 11 is 8.09. The molecule has 0 aliphatic carbocycles. The van der Waals surface area contributed by atoms with Crippen molar-refractivity contribution in [2.75, 3.05) is 24.6 Å². The van der Waals surface area contributed by atoms with Crippen molar-refractivity contribution < 1.29 is 14.6 Å². The number of hydrogen-bond donors (Lipinski definition) is 3. The fraction of sp³-hybridized carbons (Fsp3) is 0.231. The number of aliphatic hydroxyl groups is 1. The number of carbonyl (C=O) groups is 1. The second-order valence-corrected chi connectivity index (χ2v) is 9.87. The normalized spacial score (nSPS) is 13.4. The van der Waals surface area contributed by atoms with E-state index in [-0.39, 0.29) is 18.4 Å². The van der Waals surface area contributed by atoms with Crippen LogP contribution < -0.4 is 10.2 Å². The maximum absolute atomic E-state index is 11.8. The Kier molecular flexibility index (Phi) is 6.82. The van der Waals surface area contributed by atoms with Crippen LogP contribution >= 0.6 is 23.4 Å². The van der Waals surface area contributed by atoms with Crippen molar-refractivity contribution in [1.82, 2.24) is 25.3 Å². The van der Waals surface area contributed by atoms with Crippen LogP contribution in [0.2, 0.25) is 5.02 Å². The number of aromatic amines is 1. The van der Waals surface area contributed by atoms with Gasteiger partial charge in [0.25, 0.3) is 0 Å². The smallest absolute Gasteiger partial charge is 0.408 e. The Morgan fingerprint density at radius 1 is 1.35 bits per heavy atom. The maximum Gasteiger partial charge on any atom is 0.408 e. The van der Waals surface area contributed by atoms with Crippen molar-refractivity contribution >= 4 is 63.0 Å². The Balaban J connectivity index is 1.44. The van der Waals surface area contributed by atoms with Gasteiger partial charge in [-0.05, 0) is 36.4 Å². The van der Waals surface area contributed by atoms with Crippen molar-refractivity contribution in [2.45, 2.75) is 29.4 Å². The molecule has 1 aliphatic heterocycles. The summed E-state index contributed by atoms with van der Waals surface area (Å²) in [6, 6.07) is 9.37. The van der Waals surface area contributed by atoms with E-state index in [1.807, 2.05) is 36.1 Å². The van der Waals surface area contributed by atoms with E-state index in [2.05, 4.69) is 27.8 Å². The molecule has 1 amide bonds. The second kappa shape index (κ2) is 10.2. The second-order valence-electron chi connectivity index (χ2n) is 8.45. The van der Waals surface area contributed by atoms with E-state index in [1.165, 1.54) is 11.8 Å². The first-order chi connectivity index (χ1) is 17.9. The topological polar surface area (TPSA) is 116 Å². The SMILES string of the molecule is C#CCOC(=O)NC1CN(c2nc(Sc3ccc4ccc(C(=C)O)nc4c3)nc3[nH]c(CC)c(Cl)c23)C1. The van der Waals surface area contributed by atoms with Gasteiger partial charge in [-0.3, -0.25) is 0 Å². The third-order valence-electron chi connectivity index (χ3n) is 5.93. The molecule has 4 heterocycles. The molecule has 0 unspecified atom stereocenters. The van der Waals surface area contributed by atoms with Gasteiger partial charge in [-0.2, -0.15) is 0 Å². The number of terminal acetylenes is 1. The first-order valence-electron chi connectivity index (χ1n) is 11.5. The zero-order chi connectivity index (χ0) is 26.1. The van der Waals surface area contributed by atoms with Crippen LogP contribution in [0.4, 0.5) is 10.6 Å². The number of halogens is 1. The fourth-order valence-electron chi connectivity index (χ4n) is 4.07. The molecule has 37 heavy (non-hydrogen) atoms. The van der Waals surface area contributed by atoms with Gasteiger partial charge < -0.3 is 25.0 Å². The summed E-state index contributed by atoms with van der Waals surface area (Å²) in [4.78, 5) is 32.1. The summed E-state index contributed by atoms with van der Waals surface area (Å²) in [6.45, 7) is 6.57. The van der Waals surface area contributed by atoms with E-state index < -0.39 is 6.09 Å². The summed E-state index contributed by atoms with van der Waals surface area (Å²) in [7, 11) is 0. The van der Waals surface area contributed by atoms with Gasteiger partial charge in [0.15, 0.2) is 11.8 Å². The van der Waals surface area contributed by atoms with Crippen LogP contribution in [0.15, 0.2) is 47.0 Å². The largest absolute Gasteiger partial charge is 0.506 e. The van der Waals surface area contributed by atoms with Crippen LogP contribution in [0.1, 0.15) is 18.3 Å². The average Bonchev–Trinajstić information content (AvgIpc) is 3.19. The lowest BCUT2D eigenvalue weighted by atomic mass is 10.1. The number of nitrogens with zero attached hydrogens (tertiary/aromatic N) is 4. The number of H-pyrrole nitrogens is 1. The minimum Gasteiger partial charge on any atom is -0.506 e. The quantitative estimate of drug-likeness (QED) is 0.173. The molecular formula is C26H23ClN6O3S. The molecule has 1 fully saturated rings. The number of ether oxygens (including phenoxy) is 1. The summed E-state index contributed by atoms with van der Waals surface area (Å²) in [6.07, 6.45) is 5.31. The molecule has 0 spiro atoms. The number of aromatic nitrogens is 4. The van der Waals surface area contributed by atoms with Gasteiger partial charge >= 0.3 is 6.09 Å². The Morgan fingerprint density at radius 3 is 2.86 bits per heavy atom. The molecule has 1 saturated heterocycles. The van der Waals surface area contributed by atoms with E-state index in [0.717, 1.165) is 33.3 Å². The third kappa shape index (κ3) is 5.01. The van der Waals surface area contributed by atoms with Crippen LogP contribution in [0.25, 0.3) is 27.7 Å². The highest BCUT2D eigenvalue weighted by molar-refractivity contribution is 7.99. The predicted molar refractivity (Wildman–Crippen MR) is 145 cm³/mol. The van der Waals surface area contributed by atoms with E-state index in [9.17, 15) is 9.90 Å².